The van der Waals surface area contributed by atoms with Gasteiger partial charge < -0.3 is 4.57 Å². The van der Waals surface area contributed by atoms with Crippen LogP contribution < -0.4 is 0 Å². The summed E-state index contributed by atoms with van der Waals surface area (Å²) in [6.07, 6.45) is 2.68. The standard InChI is InChI=1S/C14H17ClN2/c1-9-4-3-5-12-14(9)17(13(8-15)16-12)10(2)11-6-7-11/h3-5,10-11H,6-8H2,1-2H3. The van der Waals surface area contributed by atoms with E-state index in [-0.39, 0.29) is 0 Å². The van der Waals surface area contributed by atoms with Crippen LogP contribution in [0.5, 0.6) is 0 Å². The van der Waals surface area contributed by atoms with Crippen molar-refractivity contribution in [3.05, 3.63) is 29.6 Å². The van der Waals surface area contributed by atoms with E-state index in [1.807, 2.05) is 0 Å². The molecular weight excluding hydrogens is 232 g/mol. The van der Waals surface area contributed by atoms with E-state index in [4.69, 9.17) is 11.6 Å². The molecule has 1 unspecified atom stereocenters. The first-order chi connectivity index (χ1) is 8.22. The molecule has 2 nitrogen and oxygen atoms in total. The number of alkyl halides is 1. The molecule has 1 aliphatic rings. The molecule has 0 spiro atoms. The van der Waals surface area contributed by atoms with E-state index in [0.29, 0.717) is 11.9 Å². The molecule has 1 aliphatic carbocycles. The van der Waals surface area contributed by atoms with Crippen LogP contribution in [-0.2, 0) is 5.88 Å². The van der Waals surface area contributed by atoms with Crippen LogP contribution in [0.15, 0.2) is 18.2 Å². The van der Waals surface area contributed by atoms with Crippen LogP contribution in [0.2, 0.25) is 0 Å². The largest absolute Gasteiger partial charge is 0.324 e. The van der Waals surface area contributed by atoms with Gasteiger partial charge in [0.25, 0.3) is 0 Å². The van der Waals surface area contributed by atoms with Crippen LogP contribution in [0.25, 0.3) is 11.0 Å². The third-order valence-electron chi connectivity index (χ3n) is 3.82. The van der Waals surface area contributed by atoms with Gasteiger partial charge in [0.05, 0.1) is 16.9 Å². The number of hydrogen-bond donors (Lipinski definition) is 0. The first-order valence-electron chi connectivity index (χ1n) is 6.24. The minimum absolute atomic E-state index is 0.491. The van der Waals surface area contributed by atoms with E-state index >= 15 is 0 Å². The normalized spacial score (nSPS) is 17.6. The molecule has 90 valence electrons. The summed E-state index contributed by atoms with van der Waals surface area (Å²) >= 11 is 6.04. The van der Waals surface area contributed by atoms with E-state index in [1.54, 1.807) is 0 Å². The average Bonchev–Trinajstić information content (AvgIpc) is 3.09. The molecule has 1 aromatic carbocycles. The highest BCUT2D eigenvalue weighted by atomic mass is 35.5. The van der Waals surface area contributed by atoms with Crippen molar-refractivity contribution in [1.82, 2.24) is 9.55 Å². The van der Waals surface area contributed by atoms with Gasteiger partial charge >= 0.3 is 0 Å². The van der Waals surface area contributed by atoms with Crippen LogP contribution in [0.4, 0.5) is 0 Å². The maximum Gasteiger partial charge on any atom is 0.125 e. The Labute approximate surface area is 107 Å². The van der Waals surface area contributed by atoms with Gasteiger partial charge in [-0.3, -0.25) is 0 Å². The summed E-state index contributed by atoms with van der Waals surface area (Å²) in [5, 5.41) is 0. The fourth-order valence-corrected chi connectivity index (χ4v) is 2.88. The molecule has 2 aromatic rings. The summed E-state index contributed by atoms with van der Waals surface area (Å²) in [6.45, 7) is 4.44. The first-order valence-corrected chi connectivity index (χ1v) is 6.78. The number of rotatable bonds is 3. The zero-order valence-electron chi connectivity index (χ0n) is 10.3. The van der Waals surface area contributed by atoms with Gasteiger partial charge in [0, 0.05) is 6.04 Å². The Hall–Kier alpha value is -1.02. The minimum Gasteiger partial charge on any atom is -0.324 e. The number of para-hydroxylation sites is 1. The molecule has 1 aromatic heterocycles. The summed E-state index contributed by atoms with van der Waals surface area (Å²) < 4.78 is 2.36. The molecule has 3 heteroatoms. The Balaban J connectivity index is 2.24. The number of fused-ring (bicyclic) bond motifs is 1. The molecule has 0 aliphatic heterocycles. The molecule has 1 atom stereocenters. The minimum atomic E-state index is 0.491. The van der Waals surface area contributed by atoms with Crippen molar-refractivity contribution in [2.75, 3.05) is 0 Å². The van der Waals surface area contributed by atoms with E-state index in [2.05, 4.69) is 41.6 Å². The monoisotopic (exact) mass is 248 g/mol. The van der Waals surface area contributed by atoms with Gasteiger partial charge in [-0.25, -0.2) is 4.98 Å². The van der Waals surface area contributed by atoms with E-state index in [0.717, 1.165) is 17.3 Å². The van der Waals surface area contributed by atoms with Crippen molar-refractivity contribution < 1.29 is 0 Å². The van der Waals surface area contributed by atoms with E-state index < -0.39 is 0 Å². The predicted octanol–water partition coefficient (Wildman–Crippen LogP) is 4.05. The van der Waals surface area contributed by atoms with Gasteiger partial charge in [-0.2, -0.15) is 0 Å². The number of benzene rings is 1. The lowest BCUT2D eigenvalue weighted by atomic mass is 10.1. The number of aryl methyl sites for hydroxylation is 1. The average molecular weight is 249 g/mol. The van der Waals surface area contributed by atoms with Crippen molar-refractivity contribution in [3.63, 3.8) is 0 Å². The van der Waals surface area contributed by atoms with Gasteiger partial charge in [0.2, 0.25) is 0 Å². The highest BCUT2D eigenvalue weighted by molar-refractivity contribution is 6.16. The summed E-state index contributed by atoms with van der Waals surface area (Å²) in [4.78, 5) is 4.65. The number of imidazole rings is 1. The predicted molar refractivity (Wildman–Crippen MR) is 71.5 cm³/mol. The maximum atomic E-state index is 6.04. The summed E-state index contributed by atoms with van der Waals surface area (Å²) in [5.74, 6) is 2.31. The molecule has 0 saturated heterocycles. The molecule has 17 heavy (non-hydrogen) atoms. The molecule has 0 radical (unpaired) electrons. The van der Waals surface area contributed by atoms with Crippen LogP contribution in [0, 0.1) is 12.8 Å². The Kier molecular flexibility index (Phi) is 2.62. The van der Waals surface area contributed by atoms with Crippen molar-refractivity contribution in [3.8, 4) is 0 Å². The van der Waals surface area contributed by atoms with Crippen LogP contribution in [-0.4, -0.2) is 9.55 Å². The second kappa shape index (κ2) is 4.02. The second-order valence-corrected chi connectivity index (χ2v) is 5.32. The molecule has 1 fully saturated rings. The SMILES string of the molecule is Cc1cccc2nc(CCl)n(C(C)C3CC3)c12. The highest BCUT2D eigenvalue weighted by Gasteiger charge is 2.31. The quantitative estimate of drug-likeness (QED) is 0.750. The van der Waals surface area contributed by atoms with Crippen molar-refractivity contribution in [2.24, 2.45) is 5.92 Å². The summed E-state index contributed by atoms with van der Waals surface area (Å²) in [7, 11) is 0. The smallest absolute Gasteiger partial charge is 0.125 e. The Bertz CT molecular complexity index is 555. The molecular formula is C14H17ClN2. The zero-order valence-corrected chi connectivity index (χ0v) is 11.0. The molecule has 1 heterocycles. The zero-order chi connectivity index (χ0) is 12.0. The number of aromatic nitrogens is 2. The fourth-order valence-electron chi connectivity index (χ4n) is 2.69. The van der Waals surface area contributed by atoms with Gasteiger partial charge in [-0.15, -0.1) is 11.6 Å². The Morgan fingerprint density at radius 3 is 2.88 bits per heavy atom. The molecule has 1 saturated carbocycles. The van der Waals surface area contributed by atoms with Crippen LogP contribution >= 0.6 is 11.6 Å². The number of nitrogens with zero attached hydrogens (tertiary/aromatic N) is 2. The summed E-state index contributed by atoms with van der Waals surface area (Å²) in [5.41, 5.74) is 3.63. The van der Waals surface area contributed by atoms with Crippen LogP contribution in [0.3, 0.4) is 0 Å². The van der Waals surface area contributed by atoms with Gasteiger partial charge in [0.15, 0.2) is 0 Å². The molecule has 0 N–H and O–H groups in total. The topological polar surface area (TPSA) is 17.8 Å². The Morgan fingerprint density at radius 2 is 2.24 bits per heavy atom. The van der Waals surface area contributed by atoms with Crippen LogP contribution in [0.1, 0.15) is 37.2 Å². The third-order valence-corrected chi connectivity index (χ3v) is 4.06. The first kappa shape index (κ1) is 11.1. The lowest BCUT2D eigenvalue weighted by molar-refractivity contribution is 0.485. The lowest BCUT2D eigenvalue weighted by Gasteiger charge is -2.17. The van der Waals surface area contributed by atoms with Gasteiger partial charge in [-0.1, -0.05) is 12.1 Å². The van der Waals surface area contributed by atoms with Gasteiger partial charge in [0.1, 0.15) is 5.82 Å². The lowest BCUT2D eigenvalue weighted by Crippen LogP contribution is -2.10. The summed E-state index contributed by atoms with van der Waals surface area (Å²) in [6, 6.07) is 6.82. The second-order valence-electron chi connectivity index (χ2n) is 5.05. The maximum absolute atomic E-state index is 6.04. The van der Waals surface area contributed by atoms with Gasteiger partial charge in [-0.05, 0) is 44.2 Å². The fraction of sp³-hybridized carbons (Fsp3) is 0.500. The molecule has 0 amide bonds. The van der Waals surface area contributed by atoms with E-state index in [9.17, 15) is 0 Å². The Morgan fingerprint density at radius 1 is 1.47 bits per heavy atom. The number of halogens is 1. The van der Waals surface area contributed by atoms with Crippen molar-refractivity contribution in [1.29, 1.82) is 0 Å². The van der Waals surface area contributed by atoms with Crippen molar-refractivity contribution >= 4 is 22.6 Å². The molecule has 0 bridgehead atoms. The number of hydrogen-bond acceptors (Lipinski definition) is 1. The highest BCUT2D eigenvalue weighted by Crippen LogP contribution is 2.41. The molecule has 3 rings (SSSR count). The third kappa shape index (κ3) is 1.75. The van der Waals surface area contributed by atoms with Crippen molar-refractivity contribution in [2.45, 2.75) is 38.6 Å². The van der Waals surface area contributed by atoms with E-state index in [1.165, 1.54) is 23.9 Å².